The van der Waals surface area contributed by atoms with Crippen LogP contribution in [0.4, 0.5) is 0 Å². The summed E-state index contributed by atoms with van der Waals surface area (Å²) in [5.41, 5.74) is 11.1. The van der Waals surface area contributed by atoms with E-state index >= 15 is 0 Å². The predicted molar refractivity (Wildman–Crippen MR) is 240 cm³/mol. The van der Waals surface area contributed by atoms with Crippen molar-refractivity contribution in [3.8, 4) is 0 Å². The van der Waals surface area contributed by atoms with Crippen LogP contribution >= 0.6 is 0 Å². The molecule has 3 aliphatic rings. The lowest BCUT2D eigenvalue weighted by atomic mass is 9.80. The van der Waals surface area contributed by atoms with E-state index in [1.165, 1.54) is 49.5 Å². The number of allylic oxidation sites excluding steroid dienone is 2. The second-order valence-electron chi connectivity index (χ2n) is 17.9. The molecule has 59 heavy (non-hydrogen) atoms. The van der Waals surface area contributed by atoms with Crippen LogP contribution in [0.2, 0.25) is 0 Å². The lowest BCUT2D eigenvalue weighted by Gasteiger charge is -2.26. The van der Waals surface area contributed by atoms with Gasteiger partial charge in [0.1, 0.15) is 18.3 Å². The van der Waals surface area contributed by atoms with Gasteiger partial charge in [-0.1, -0.05) is 78.5 Å². The number of ether oxygens (including phenoxy) is 2. The van der Waals surface area contributed by atoms with Crippen LogP contribution in [0.1, 0.15) is 138 Å². The van der Waals surface area contributed by atoms with Gasteiger partial charge in [-0.25, -0.2) is 0 Å². The van der Waals surface area contributed by atoms with E-state index in [0.717, 1.165) is 92.2 Å². The molecule has 1 saturated heterocycles. The first-order valence-electron chi connectivity index (χ1n) is 22.0. The first-order chi connectivity index (χ1) is 28.2. The van der Waals surface area contributed by atoms with E-state index < -0.39 is 17.9 Å². The summed E-state index contributed by atoms with van der Waals surface area (Å²) < 4.78 is 11.1. The van der Waals surface area contributed by atoms with Crippen LogP contribution in [0.25, 0.3) is 35.6 Å². The van der Waals surface area contributed by atoms with Gasteiger partial charge in [0.15, 0.2) is 0 Å². The standard InChI is InChI=1S/C50H68N4O5/c1-12-34-30(7)37-24-39-32(9)36(20-21-43(55)59-23-22-29(6)19-15-18-28(5)17-14-16-27(3)4)47(53-39)45-46(50(57)58-11)49(56)44-33(10)40(54-48(44)45)26-42-35(13-2)31(8)38(52-42)25-41(34)51-37/h12,22,24-28,32,36,46-47,51-54,56H,1,13-21,23H2,2-11H3/b29-22+,38-25?,39-24-,42-26-/t28-,32+,36+,46-,47?/m1/s1. The Morgan fingerprint density at radius 1 is 0.915 bits per heavy atom. The highest BCUT2D eigenvalue weighted by molar-refractivity contribution is 5.95. The van der Waals surface area contributed by atoms with Crippen molar-refractivity contribution in [3.05, 3.63) is 90.1 Å². The van der Waals surface area contributed by atoms with Crippen molar-refractivity contribution in [2.45, 2.75) is 126 Å². The van der Waals surface area contributed by atoms with Gasteiger partial charge in [-0.3, -0.25) is 9.59 Å². The fourth-order valence-electron chi connectivity index (χ4n) is 9.76. The molecular formula is C50H68N4O5. The second kappa shape index (κ2) is 18.6. The van der Waals surface area contributed by atoms with E-state index in [1.807, 2.05) is 19.1 Å². The summed E-state index contributed by atoms with van der Waals surface area (Å²) in [6, 6.07) is -0.393. The molecule has 1 fully saturated rings. The van der Waals surface area contributed by atoms with Gasteiger partial charge in [-0.15, -0.1) is 0 Å². The summed E-state index contributed by atoms with van der Waals surface area (Å²) in [4.78, 5) is 38.0. The Balaban J connectivity index is 1.33. The van der Waals surface area contributed by atoms with E-state index in [-0.39, 0.29) is 36.6 Å². The third kappa shape index (κ3) is 9.00. The Labute approximate surface area is 350 Å². The normalized spacial score (nSPS) is 21.7. The summed E-state index contributed by atoms with van der Waals surface area (Å²) >= 11 is 0. The van der Waals surface area contributed by atoms with Gasteiger partial charge < -0.3 is 34.8 Å². The molecule has 0 saturated carbocycles. The molecule has 8 bridgehead atoms. The molecule has 1 aliphatic carbocycles. The topological polar surface area (TPSA) is 132 Å². The molecule has 3 aromatic rings. The number of carbonyl (C=O) groups excluding carboxylic acids is 2. The third-order valence-corrected chi connectivity index (χ3v) is 13.4. The molecule has 0 aromatic carbocycles. The van der Waals surface area contributed by atoms with Crippen molar-refractivity contribution in [1.82, 2.24) is 20.3 Å². The van der Waals surface area contributed by atoms with Crippen molar-refractivity contribution in [2.75, 3.05) is 13.7 Å². The minimum Gasteiger partial charge on any atom is -0.510 e. The smallest absolute Gasteiger partial charge is 0.320 e. The third-order valence-electron chi connectivity index (χ3n) is 13.4. The molecule has 3 aromatic heterocycles. The molecule has 9 nitrogen and oxygen atoms in total. The SMILES string of the molecule is C=Cc1c2[nH]c(c1C)/C=C1\NC(C3=c4[nH]c(c(C)c4=C(O)[C@@H]3C(=O)OC)/C=c3\[nH]c(c(C)c3CC)=C2)[C@@H](CCC(=O)OC/C=C(\C)CCC[C@H](C)CCCC(C)C)[C@@H]1C. The summed E-state index contributed by atoms with van der Waals surface area (Å²) in [5, 5.41) is 19.1. The molecular weight excluding hydrogens is 737 g/mol. The summed E-state index contributed by atoms with van der Waals surface area (Å²) in [6.45, 7) is 24.0. The second-order valence-corrected chi connectivity index (χ2v) is 17.9. The average Bonchev–Trinajstić information content (AvgIpc) is 3.94. The molecule has 0 amide bonds. The molecule has 2 aliphatic heterocycles. The number of nitrogens with one attached hydrogen (secondary N) is 4. The maximum absolute atomic E-state index is 13.6. The Morgan fingerprint density at radius 3 is 2.32 bits per heavy atom. The zero-order valence-electron chi connectivity index (χ0n) is 37.2. The first kappa shape index (κ1) is 43.7. The van der Waals surface area contributed by atoms with Crippen molar-refractivity contribution < 1.29 is 24.2 Å². The predicted octanol–water partition coefficient (Wildman–Crippen LogP) is 7.56. The number of fused-ring (bicyclic) bond motifs is 8. The Kier molecular flexibility index (Phi) is 13.7. The van der Waals surface area contributed by atoms with Gasteiger partial charge in [0, 0.05) is 56.6 Å². The van der Waals surface area contributed by atoms with E-state index in [9.17, 15) is 14.7 Å². The van der Waals surface area contributed by atoms with Crippen LogP contribution in [0.3, 0.4) is 0 Å². The number of aromatic nitrogens is 3. The van der Waals surface area contributed by atoms with Crippen molar-refractivity contribution in [2.24, 2.45) is 29.6 Å². The lowest BCUT2D eigenvalue weighted by Crippen LogP contribution is -2.38. The van der Waals surface area contributed by atoms with Crippen LogP contribution < -0.4 is 26.6 Å². The van der Waals surface area contributed by atoms with E-state index in [0.29, 0.717) is 11.6 Å². The highest BCUT2D eigenvalue weighted by Crippen LogP contribution is 2.42. The number of carbonyl (C=O) groups is 2. The molecule has 0 radical (unpaired) electrons. The molecule has 318 valence electrons. The molecule has 6 rings (SSSR count). The monoisotopic (exact) mass is 805 g/mol. The van der Waals surface area contributed by atoms with Crippen LogP contribution in [-0.2, 0) is 25.5 Å². The number of hydrogen-bond acceptors (Lipinski definition) is 6. The zero-order valence-corrected chi connectivity index (χ0v) is 37.2. The minimum atomic E-state index is -0.992. The average molecular weight is 805 g/mol. The lowest BCUT2D eigenvalue weighted by molar-refractivity contribution is -0.143. The van der Waals surface area contributed by atoms with Gasteiger partial charge >= 0.3 is 11.9 Å². The quantitative estimate of drug-likeness (QED) is 0.0751. The van der Waals surface area contributed by atoms with Gasteiger partial charge in [0.05, 0.1) is 18.5 Å². The molecule has 9 heteroatoms. The molecule has 0 spiro atoms. The van der Waals surface area contributed by atoms with Gasteiger partial charge in [-0.2, -0.15) is 0 Å². The summed E-state index contributed by atoms with van der Waals surface area (Å²) in [7, 11) is 1.36. The number of rotatable bonds is 16. The number of methoxy groups -OCH3 is 1. The van der Waals surface area contributed by atoms with Crippen molar-refractivity contribution in [1.29, 1.82) is 0 Å². The van der Waals surface area contributed by atoms with Crippen LogP contribution in [-0.4, -0.2) is 51.8 Å². The number of aliphatic hydroxyl groups excluding tert-OH is 1. The van der Waals surface area contributed by atoms with Crippen LogP contribution in [0, 0.1) is 50.4 Å². The maximum Gasteiger partial charge on any atom is 0.320 e. The fourth-order valence-corrected chi connectivity index (χ4v) is 9.76. The van der Waals surface area contributed by atoms with Crippen LogP contribution in [0.15, 0.2) is 23.9 Å². The number of esters is 2. The number of aliphatic hydroxyl groups is 1. The number of H-pyrrole nitrogens is 3. The Hall–Kier alpha value is -4.92. The molecule has 5 atom stereocenters. The number of aromatic amines is 3. The largest absolute Gasteiger partial charge is 0.510 e. The van der Waals surface area contributed by atoms with Gasteiger partial charge in [0.25, 0.3) is 0 Å². The van der Waals surface area contributed by atoms with Gasteiger partial charge in [0.2, 0.25) is 0 Å². The van der Waals surface area contributed by atoms with Crippen molar-refractivity contribution >= 4 is 47.6 Å². The summed E-state index contributed by atoms with van der Waals surface area (Å²) in [5.74, 6) is -0.423. The fraction of sp³-hybridized carbons (Fsp3) is 0.520. The number of hydrogen-bond donors (Lipinski definition) is 5. The van der Waals surface area contributed by atoms with E-state index in [1.54, 1.807) is 0 Å². The Bertz CT molecular complexity index is 2400. The minimum absolute atomic E-state index is 0.0166. The highest BCUT2D eigenvalue weighted by Gasteiger charge is 2.47. The van der Waals surface area contributed by atoms with E-state index in [2.05, 4.69) is 100 Å². The Morgan fingerprint density at radius 2 is 1.63 bits per heavy atom. The van der Waals surface area contributed by atoms with Crippen molar-refractivity contribution in [3.63, 3.8) is 0 Å². The summed E-state index contributed by atoms with van der Waals surface area (Å²) in [6.07, 6.45) is 19.2. The molecule has 5 N–H and O–H groups in total. The molecule has 1 unspecified atom stereocenters. The highest BCUT2D eigenvalue weighted by atomic mass is 16.5. The van der Waals surface area contributed by atoms with Gasteiger partial charge in [-0.05, 0) is 123 Å². The van der Waals surface area contributed by atoms with E-state index in [4.69, 9.17) is 9.47 Å². The molecule has 5 heterocycles. The first-order valence-corrected chi connectivity index (χ1v) is 22.0. The maximum atomic E-state index is 13.6. The zero-order chi connectivity index (χ0) is 42.7. The van der Waals surface area contributed by atoms with Crippen LogP contribution in [0.5, 0.6) is 0 Å².